The quantitative estimate of drug-likeness (QED) is 0.767. The second-order valence-corrected chi connectivity index (χ2v) is 3.88. The molecule has 0 aliphatic carbocycles. The van der Waals surface area contributed by atoms with E-state index in [1.807, 2.05) is 6.92 Å². The van der Waals surface area contributed by atoms with Crippen LogP contribution in [0.15, 0.2) is 24.3 Å². The Morgan fingerprint density at radius 2 is 1.79 bits per heavy atom. The van der Waals surface area contributed by atoms with Crippen LogP contribution in [0.25, 0.3) is 0 Å². The predicted molar refractivity (Wildman–Crippen MR) is 59.3 cm³/mol. The van der Waals surface area contributed by atoms with E-state index in [2.05, 4.69) is 43.4 Å². The minimum atomic E-state index is 0.145. The van der Waals surface area contributed by atoms with Crippen molar-refractivity contribution in [3.63, 3.8) is 0 Å². The largest absolute Gasteiger partial charge is 0.395 e. The lowest BCUT2D eigenvalue weighted by Gasteiger charge is -2.18. The summed E-state index contributed by atoms with van der Waals surface area (Å²) in [6.07, 6.45) is 0. The molecule has 14 heavy (non-hydrogen) atoms. The smallest absolute Gasteiger partial charge is 0.0582 e. The number of benzene rings is 1. The molecule has 0 saturated heterocycles. The van der Waals surface area contributed by atoms with Crippen molar-refractivity contribution < 1.29 is 5.11 Å². The molecular formula is C12H19NO. The Hall–Kier alpha value is -0.860. The SMILES string of the molecule is Cc1ccc(C(C)NC(C)CO)cc1. The summed E-state index contributed by atoms with van der Waals surface area (Å²) in [5.41, 5.74) is 2.53. The van der Waals surface area contributed by atoms with Crippen molar-refractivity contribution in [2.75, 3.05) is 6.61 Å². The molecule has 2 heteroatoms. The van der Waals surface area contributed by atoms with E-state index >= 15 is 0 Å². The highest BCUT2D eigenvalue weighted by Gasteiger charge is 2.07. The number of aliphatic hydroxyl groups is 1. The molecule has 0 fully saturated rings. The standard InChI is InChI=1S/C12H19NO/c1-9-4-6-12(7-5-9)11(3)13-10(2)8-14/h4-7,10-11,13-14H,8H2,1-3H3. The summed E-state index contributed by atoms with van der Waals surface area (Å²) in [5, 5.41) is 12.2. The lowest BCUT2D eigenvalue weighted by Crippen LogP contribution is -2.31. The Morgan fingerprint density at radius 1 is 1.21 bits per heavy atom. The Labute approximate surface area is 86.0 Å². The van der Waals surface area contributed by atoms with Crippen molar-refractivity contribution in [2.24, 2.45) is 0 Å². The summed E-state index contributed by atoms with van der Waals surface area (Å²) in [6, 6.07) is 8.90. The predicted octanol–water partition coefficient (Wildman–Crippen LogP) is 2.03. The maximum absolute atomic E-state index is 8.91. The highest BCUT2D eigenvalue weighted by Crippen LogP contribution is 2.13. The molecule has 0 bridgehead atoms. The van der Waals surface area contributed by atoms with Crippen molar-refractivity contribution >= 4 is 0 Å². The van der Waals surface area contributed by atoms with Gasteiger partial charge in [-0.3, -0.25) is 0 Å². The molecule has 0 aromatic heterocycles. The van der Waals surface area contributed by atoms with Gasteiger partial charge < -0.3 is 10.4 Å². The number of aryl methyl sites for hydroxylation is 1. The molecule has 2 nitrogen and oxygen atoms in total. The Kier molecular flexibility index (Phi) is 4.11. The minimum absolute atomic E-state index is 0.145. The first-order valence-corrected chi connectivity index (χ1v) is 5.07. The van der Waals surface area contributed by atoms with Gasteiger partial charge in [0.05, 0.1) is 6.61 Å². The zero-order valence-electron chi connectivity index (χ0n) is 9.12. The van der Waals surface area contributed by atoms with Gasteiger partial charge in [0.1, 0.15) is 0 Å². The molecule has 0 amide bonds. The van der Waals surface area contributed by atoms with Gasteiger partial charge in [-0.25, -0.2) is 0 Å². The van der Waals surface area contributed by atoms with Crippen LogP contribution in [-0.2, 0) is 0 Å². The molecule has 0 saturated carbocycles. The van der Waals surface area contributed by atoms with Gasteiger partial charge in [0, 0.05) is 12.1 Å². The Morgan fingerprint density at radius 3 is 2.29 bits per heavy atom. The van der Waals surface area contributed by atoms with E-state index in [9.17, 15) is 0 Å². The Bertz CT molecular complexity index is 268. The third-order valence-corrected chi connectivity index (χ3v) is 2.39. The van der Waals surface area contributed by atoms with Crippen molar-refractivity contribution in [1.29, 1.82) is 0 Å². The van der Waals surface area contributed by atoms with E-state index in [1.54, 1.807) is 0 Å². The number of hydrogen-bond donors (Lipinski definition) is 2. The van der Waals surface area contributed by atoms with Crippen LogP contribution < -0.4 is 5.32 Å². The molecule has 78 valence electrons. The van der Waals surface area contributed by atoms with Gasteiger partial charge in [-0.1, -0.05) is 29.8 Å². The van der Waals surface area contributed by atoms with Gasteiger partial charge in [0.15, 0.2) is 0 Å². The van der Waals surface area contributed by atoms with Crippen molar-refractivity contribution in [1.82, 2.24) is 5.32 Å². The third-order valence-electron chi connectivity index (χ3n) is 2.39. The molecule has 0 spiro atoms. The van der Waals surface area contributed by atoms with E-state index in [0.717, 1.165) is 0 Å². The fourth-order valence-electron chi connectivity index (χ4n) is 1.43. The second kappa shape index (κ2) is 5.13. The summed E-state index contributed by atoms with van der Waals surface area (Å²) < 4.78 is 0. The van der Waals surface area contributed by atoms with Crippen molar-refractivity contribution in [3.8, 4) is 0 Å². The van der Waals surface area contributed by atoms with Crippen molar-refractivity contribution in [2.45, 2.75) is 32.9 Å². The molecule has 2 atom stereocenters. The zero-order valence-corrected chi connectivity index (χ0v) is 9.12. The molecule has 1 aromatic carbocycles. The van der Waals surface area contributed by atoms with Crippen LogP contribution in [0.5, 0.6) is 0 Å². The topological polar surface area (TPSA) is 32.3 Å². The van der Waals surface area contributed by atoms with Gasteiger partial charge in [-0.2, -0.15) is 0 Å². The van der Waals surface area contributed by atoms with Crippen LogP contribution in [0.4, 0.5) is 0 Å². The van der Waals surface area contributed by atoms with Gasteiger partial charge in [0.25, 0.3) is 0 Å². The minimum Gasteiger partial charge on any atom is -0.395 e. The van der Waals surface area contributed by atoms with Gasteiger partial charge in [-0.05, 0) is 26.3 Å². The van der Waals surface area contributed by atoms with E-state index in [-0.39, 0.29) is 18.7 Å². The first kappa shape index (κ1) is 11.2. The van der Waals surface area contributed by atoms with Crippen molar-refractivity contribution in [3.05, 3.63) is 35.4 Å². The first-order valence-electron chi connectivity index (χ1n) is 5.07. The third kappa shape index (κ3) is 3.13. The highest BCUT2D eigenvalue weighted by molar-refractivity contribution is 5.23. The summed E-state index contributed by atoms with van der Waals surface area (Å²) in [5.74, 6) is 0. The van der Waals surface area contributed by atoms with E-state index in [4.69, 9.17) is 5.11 Å². The molecule has 2 N–H and O–H groups in total. The average molecular weight is 193 g/mol. The van der Waals surface area contributed by atoms with Crippen LogP contribution >= 0.6 is 0 Å². The maximum atomic E-state index is 8.91. The summed E-state index contributed by atoms with van der Waals surface area (Å²) in [7, 11) is 0. The van der Waals surface area contributed by atoms with Crippen LogP contribution in [0.3, 0.4) is 0 Å². The zero-order chi connectivity index (χ0) is 10.6. The maximum Gasteiger partial charge on any atom is 0.0582 e. The van der Waals surface area contributed by atoms with E-state index in [1.165, 1.54) is 11.1 Å². The van der Waals surface area contributed by atoms with Gasteiger partial charge in [0.2, 0.25) is 0 Å². The molecule has 0 aliphatic rings. The molecular weight excluding hydrogens is 174 g/mol. The number of nitrogens with one attached hydrogen (secondary N) is 1. The summed E-state index contributed by atoms with van der Waals surface area (Å²) in [4.78, 5) is 0. The van der Waals surface area contributed by atoms with E-state index < -0.39 is 0 Å². The monoisotopic (exact) mass is 193 g/mol. The highest BCUT2D eigenvalue weighted by atomic mass is 16.3. The lowest BCUT2D eigenvalue weighted by molar-refractivity contribution is 0.243. The van der Waals surface area contributed by atoms with Gasteiger partial charge >= 0.3 is 0 Å². The molecule has 0 heterocycles. The Balaban J connectivity index is 2.60. The number of rotatable bonds is 4. The molecule has 2 unspecified atom stereocenters. The first-order chi connectivity index (χ1) is 6.63. The average Bonchev–Trinajstić information content (AvgIpc) is 2.18. The summed E-state index contributed by atoms with van der Waals surface area (Å²) in [6.45, 7) is 6.34. The van der Waals surface area contributed by atoms with E-state index in [0.29, 0.717) is 0 Å². The molecule has 1 rings (SSSR count). The molecule has 0 aliphatic heterocycles. The number of aliphatic hydroxyl groups excluding tert-OH is 1. The fraction of sp³-hybridized carbons (Fsp3) is 0.500. The van der Waals surface area contributed by atoms with Crippen LogP contribution in [0, 0.1) is 6.92 Å². The molecule has 1 aromatic rings. The van der Waals surface area contributed by atoms with Crippen LogP contribution in [-0.4, -0.2) is 17.8 Å². The van der Waals surface area contributed by atoms with Crippen LogP contribution in [0.2, 0.25) is 0 Å². The second-order valence-electron chi connectivity index (χ2n) is 3.88. The fourth-order valence-corrected chi connectivity index (χ4v) is 1.43. The number of hydrogen-bond acceptors (Lipinski definition) is 2. The normalized spacial score (nSPS) is 15.1. The summed E-state index contributed by atoms with van der Waals surface area (Å²) >= 11 is 0. The van der Waals surface area contributed by atoms with Gasteiger partial charge in [-0.15, -0.1) is 0 Å². The van der Waals surface area contributed by atoms with Crippen LogP contribution in [0.1, 0.15) is 31.0 Å². The molecule has 0 radical (unpaired) electrons. The lowest BCUT2D eigenvalue weighted by atomic mass is 10.1.